The molecular formula is C15H19F2N5O. The molecule has 0 saturated carbocycles. The van der Waals surface area contributed by atoms with Gasteiger partial charge in [0.05, 0.1) is 6.10 Å². The van der Waals surface area contributed by atoms with Crippen LogP contribution in [-0.4, -0.2) is 21.1 Å². The van der Waals surface area contributed by atoms with Gasteiger partial charge in [-0.3, -0.25) is 0 Å². The number of rotatable bonds is 5. The fraction of sp³-hybridized carbons (Fsp3) is 0.400. The average molecular weight is 323 g/mol. The summed E-state index contributed by atoms with van der Waals surface area (Å²) in [5, 5.41) is 2.69. The van der Waals surface area contributed by atoms with Crippen molar-refractivity contribution in [3.63, 3.8) is 0 Å². The Morgan fingerprint density at radius 1 is 1.22 bits per heavy atom. The first-order chi connectivity index (χ1) is 10.7. The molecule has 0 atom stereocenters. The molecule has 0 unspecified atom stereocenters. The van der Waals surface area contributed by atoms with E-state index in [-0.39, 0.29) is 29.5 Å². The molecule has 0 radical (unpaired) electrons. The third kappa shape index (κ3) is 4.24. The largest absolute Gasteiger partial charge is 0.489 e. The van der Waals surface area contributed by atoms with Crippen LogP contribution in [0.15, 0.2) is 18.2 Å². The van der Waals surface area contributed by atoms with Crippen molar-refractivity contribution in [3.8, 4) is 5.75 Å². The standard InChI is InChI=1S/C15H19F2N5O/c1-8(2)23-10-7-5-6-9(16)11(10)19-14-21-12(15(3,4)17)20-13(18)22-14/h5-8H,1-4H3,(H3,18,19,20,21,22). The number of hydrogen-bond acceptors (Lipinski definition) is 6. The van der Waals surface area contributed by atoms with E-state index in [9.17, 15) is 8.78 Å². The lowest BCUT2D eigenvalue weighted by Gasteiger charge is -2.17. The lowest BCUT2D eigenvalue weighted by molar-refractivity contribution is 0.206. The van der Waals surface area contributed by atoms with E-state index in [1.807, 2.05) is 13.8 Å². The van der Waals surface area contributed by atoms with E-state index < -0.39 is 11.5 Å². The van der Waals surface area contributed by atoms with Crippen LogP contribution in [0.25, 0.3) is 0 Å². The van der Waals surface area contributed by atoms with Gasteiger partial charge in [-0.05, 0) is 39.8 Å². The van der Waals surface area contributed by atoms with Crippen molar-refractivity contribution in [2.45, 2.75) is 39.5 Å². The Hall–Kier alpha value is -2.51. The van der Waals surface area contributed by atoms with E-state index >= 15 is 0 Å². The first-order valence-corrected chi connectivity index (χ1v) is 7.10. The Balaban J connectivity index is 2.42. The molecule has 0 aliphatic carbocycles. The van der Waals surface area contributed by atoms with Gasteiger partial charge in [0.2, 0.25) is 11.9 Å². The number of nitrogens with two attached hydrogens (primary N) is 1. The molecule has 124 valence electrons. The number of nitrogens with one attached hydrogen (secondary N) is 1. The predicted octanol–water partition coefficient (Wildman–Crippen LogP) is 3.33. The van der Waals surface area contributed by atoms with Crippen LogP contribution in [0.4, 0.5) is 26.4 Å². The van der Waals surface area contributed by atoms with E-state index in [1.165, 1.54) is 26.0 Å². The van der Waals surface area contributed by atoms with E-state index in [0.717, 1.165) is 0 Å². The lowest BCUT2D eigenvalue weighted by atomic mass is 10.1. The first-order valence-electron chi connectivity index (χ1n) is 7.10. The molecule has 2 aromatic rings. The van der Waals surface area contributed by atoms with Gasteiger partial charge < -0.3 is 15.8 Å². The number of aromatic nitrogens is 3. The number of ether oxygens (including phenoxy) is 1. The summed E-state index contributed by atoms with van der Waals surface area (Å²) in [4.78, 5) is 11.6. The van der Waals surface area contributed by atoms with Gasteiger partial charge in [0.1, 0.15) is 11.4 Å². The summed E-state index contributed by atoms with van der Waals surface area (Å²) in [6, 6.07) is 4.39. The van der Waals surface area contributed by atoms with Gasteiger partial charge in [-0.2, -0.15) is 15.0 Å². The van der Waals surface area contributed by atoms with Crippen molar-refractivity contribution < 1.29 is 13.5 Å². The Bertz CT molecular complexity index is 701. The number of alkyl halides is 1. The summed E-state index contributed by atoms with van der Waals surface area (Å²) in [6.45, 7) is 6.22. The zero-order valence-corrected chi connectivity index (χ0v) is 13.4. The summed E-state index contributed by atoms with van der Waals surface area (Å²) in [5.74, 6) is -0.624. The quantitative estimate of drug-likeness (QED) is 0.878. The Labute approximate surface area is 133 Å². The maximum Gasteiger partial charge on any atom is 0.232 e. The molecule has 0 fully saturated rings. The lowest BCUT2D eigenvalue weighted by Crippen LogP contribution is -2.18. The molecule has 3 N–H and O–H groups in total. The normalized spacial score (nSPS) is 11.6. The molecule has 1 aromatic carbocycles. The number of benzene rings is 1. The molecule has 6 nitrogen and oxygen atoms in total. The van der Waals surface area contributed by atoms with Crippen LogP contribution in [0.3, 0.4) is 0 Å². The van der Waals surface area contributed by atoms with Gasteiger partial charge >= 0.3 is 0 Å². The van der Waals surface area contributed by atoms with Gasteiger partial charge in [0.15, 0.2) is 17.3 Å². The Kier molecular flexibility index (Phi) is 4.63. The molecule has 0 amide bonds. The van der Waals surface area contributed by atoms with Crippen molar-refractivity contribution in [3.05, 3.63) is 29.8 Å². The van der Waals surface area contributed by atoms with Crippen LogP contribution in [0.5, 0.6) is 5.75 Å². The molecule has 0 aliphatic rings. The first kappa shape index (κ1) is 16.9. The highest BCUT2D eigenvalue weighted by atomic mass is 19.1. The molecule has 8 heteroatoms. The molecule has 1 aromatic heterocycles. The van der Waals surface area contributed by atoms with Gasteiger partial charge in [0.25, 0.3) is 0 Å². The maximum absolute atomic E-state index is 14.1. The maximum atomic E-state index is 14.1. The van der Waals surface area contributed by atoms with Crippen LogP contribution >= 0.6 is 0 Å². The fourth-order valence-electron chi connectivity index (χ4n) is 1.80. The summed E-state index contributed by atoms with van der Waals surface area (Å²) >= 11 is 0. The van der Waals surface area contributed by atoms with Gasteiger partial charge in [-0.1, -0.05) is 6.07 Å². The Morgan fingerprint density at radius 3 is 2.52 bits per heavy atom. The fourth-order valence-corrected chi connectivity index (χ4v) is 1.80. The molecule has 23 heavy (non-hydrogen) atoms. The van der Waals surface area contributed by atoms with Crippen LogP contribution in [0, 0.1) is 5.82 Å². The van der Waals surface area contributed by atoms with Gasteiger partial charge in [-0.15, -0.1) is 0 Å². The molecule has 0 bridgehead atoms. The predicted molar refractivity (Wildman–Crippen MR) is 83.8 cm³/mol. The minimum Gasteiger partial charge on any atom is -0.489 e. The molecular weight excluding hydrogens is 304 g/mol. The molecule has 2 rings (SSSR count). The minimum atomic E-state index is -1.81. The molecule has 1 heterocycles. The van der Waals surface area contributed by atoms with Crippen molar-refractivity contribution >= 4 is 17.6 Å². The van der Waals surface area contributed by atoms with E-state index in [1.54, 1.807) is 6.07 Å². The van der Waals surface area contributed by atoms with E-state index in [4.69, 9.17) is 10.5 Å². The highest BCUT2D eigenvalue weighted by Gasteiger charge is 2.24. The molecule has 0 spiro atoms. The number of anilines is 3. The minimum absolute atomic E-state index is 0.0504. The second kappa shape index (κ2) is 6.31. The average Bonchev–Trinajstić information content (AvgIpc) is 2.40. The summed E-state index contributed by atoms with van der Waals surface area (Å²) < 4.78 is 33.7. The number of nitrogens with zero attached hydrogens (tertiary/aromatic N) is 3. The SMILES string of the molecule is CC(C)Oc1cccc(F)c1Nc1nc(N)nc(C(C)(C)F)n1. The van der Waals surface area contributed by atoms with Crippen LogP contribution in [0.2, 0.25) is 0 Å². The van der Waals surface area contributed by atoms with Crippen LogP contribution < -0.4 is 15.8 Å². The smallest absolute Gasteiger partial charge is 0.232 e. The number of nitrogen functional groups attached to an aromatic ring is 1. The van der Waals surface area contributed by atoms with Gasteiger partial charge in [0, 0.05) is 0 Å². The topological polar surface area (TPSA) is 86.0 Å². The van der Waals surface area contributed by atoms with Crippen molar-refractivity contribution in [1.29, 1.82) is 0 Å². The molecule has 0 aliphatic heterocycles. The summed E-state index contributed by atoms with van der Waals surface area (Å²) in [6.07, 6.45) is -0.152. The second-order valence-electron chi connectivity index (χ2n) is 5.72. The van der Waals surface area contributed by atoms with E-state index in [2.05, 4.69) is 20.3 Å². The Morgan fingerprint density at radius 2 is 1.91 bits per heavy atom. The summed E-state index contributed by atoms with van der Waals surface area (Å²) in [7, 11) is 0. The number of halogens is 2. The third-order valence-electron chi connectivity index (χ3n) is 2.76. The van der Waals surface area contributed by atoms with Crippen LogP contribution in [0.1, 0.15) is 33.5 Å². The highest BCUT2D eigenvalue weighted by Crippen LogP contribution is 2.31. The second-order valence-corrected chi connectivity index (χ2v) is 5.72. The van der Waals surface area contributed by atoms with Gasteiger partial charge in [-0.25, -0.2) is 8.78 Å². The zero-order chi connectivity index (χ0) is 17.2. The number of para-hydroxylation sites is 1. The summed E-state index contributed by atoms with van der Waals surface area (Å²) in [5.41, 5.74) is 3.82. The third-order valence-corrected chi connectivity index (χ3v) is 2.76. The molecule has 0 saturated heterocycles. The van der Waals surface area contributed by atoms with Crippen molar-refractivity contribution in [1.82, 2.24) is 15.0 Å². The van der Waals surface area contributed by atoms with Crippen molar-refractivity contribution in [2.75, 3.05) is 11.1 Å². The van der Waals surface area contributed by atoms with Crippen molar-refractivity contribution in [2.24, 2.45) is 0 Å². The zero-order valence-electron chi connectivity index (χ0n) is 13.4. The van der Waals surface area contributed by atoms with E-state index in [0.29, 0.717) is 5.75 Å². The number of hydrogen-bond donors (Lipinski definition) is 2. The highest BCUT2D eigenvalue weighted by molar-refractivity contribution is 5.63. The van der Waals surface area contributed by atoms with Crippen LogP contribution in [-0.2, 0) is 5.67 Å². The monoisotopic (exact) mass is 323 g/mol.